The second-order valence-electron chi connectivity index (χ2n) is 5.05. The van der Waals surface area contributed by atoms with Crippen molar-refractivity contribution in [1.29, 1.82) is 0 Å². The number of rotatable bonds is 9. The van der Waals surface area contributed by atoms with Crippen LogP contribution in [0.1, 0.15) is 25.3 Å². The molecule has 6 heteroatoms. The number of anilines is 1. The molecule has 22 heavy (non-hydrogen) atoms. The Labute approximate surface area is 133 Å². The number of nitrogens with one attached hydrogen (secondary N) is 1. The van der Waals surface area contributed by atoms with Gasteiger partial charge in [0.1, 0.15) is 0 Å². The van der Waals surface area contributed by atoms with Gasteiger partial charge in [-0.2, -0.15) is 0 Å². The molecule has 122 valence electrons. The third-order valence-electron chi connectivity index (χ3n) is 3.24. The summed E-state index contributed by atoms with van der Waals surface area (Å²) in [6.45, 7) is 6.28. The summed E-state index contributed by atoms with van der Waals surface area (Å²) < 4.78 is 25.2. The molecule has 1 aromatic carbocycles. The number of aryl methyl sites for hydroxylation is 1. The van der Waals surface area contributed by atoms with Crippen molar-refractivity contribution in [2.45, 2.75) is 26.2 Å². The smallest absolute Gasteiger partial charge is 0.232 e. The second kappa shape index (κ2) is 8.58. The van der Waals surface area contributed by atoms with Crippen LogP contribution in [0.4, 0.5) is 5.69 Å². The standard InChI is InChI=1S/C16H24N2O3S/c1-4-12-17-16(19)7-6-13-18(22(3,20)21)15-10-8-14(5-2)9-11-15/h4,8-11H,1,5-7,12-13H2,2-3H3,(H,17,19). The van der Waals surface area contributed by atoms with Gasteiger partial charge in [-0.1, -0.05) is 25.1 Å². The first kappa shape index (κ1) is 18.2. The lowest BCUT2D eigenvalue weighted by Gasteiger charge is -2.22. The van der Waals surface area contributed by atoms with Crippen LogP contribution in [0.5, 0.6) is 0 Å². The molecule has 0 radical (unpaired) electrons. The van der Waals surface area contributed by atoms with Crippen LogP contribution in [0.25, 0.3) is 0 Å². The highest BCUT2D eigenvalue weighted by molar-refractivity contribution is 7.92. The van der Waals surface area contributed by atoms with E-state index in [0.29, 0.717) is 18.7 Å². The lowest BCUT2D eigenvalue weighted by atomic mass is 10.1. The maximum absolute atomic E-state index is 11.9. The molecule has 0 saturated heterocycles. The Balaban J connectivity index is 2.69. The van der Waals surface area contributed by atoms with Crippen molar-refractivity contribution >= 4 is 21.6 Å². The van der Waals surface area contributed by atoms with Crippen LogP contribution >= 0.6 is 0 Å². The molecule has 1 rings (SSSR count). The summed E-state index contributed by atoms with van der Waals surface area (Å²) in [7, 11) is -3.37. The Morgan fingerprint density at radius 2 is 1.95 bits per heavy atom. The summed E-state index contributed by atoms with van der Waals surface area (Å²) in [6, 6.07) is 7.45. The van der Waals surface area contributed by atoms with Crippen molar-refractivity contribution in [3.8, 4) is 0 Å². The van der Waals surface area contributed by atoms with E-state index in [1.807, 2.05) is 19.1 Å². The topological polar surface area (TPSA) is 66.5 Å². The van der Waals surface area contributed by atoms with Gasteiger partial charge in [0, 0.05) is 19.5 Å². The van der Waals surface area contributed by atoms with E-state index in [1.54, 1.807) is 18.2 Å². The fraction of sp³-hybridized carbons (Fsp3) is 0.438. The largest absolute Gasteiger partial charge is 0.353 e. The van der Waals surface area contributed by atoms with Crippen LogP contribution in [0, 0.1) is 0 Å². The molecule has 5 nitrogen and oxygen atoms in total. The Hall–Kier alpha value is -1.82. The highest BCUT2D eigenvalue weighted by Crippen LogP contribution is 2.19. The Morgan fingerprint density at radius 1 is 1.32 bits per heavy atom. The highest BCUT2D eigenvalue weighted by Gasteiger charge is 2.17. The predicted molar refractivity (Wildman–Crippen MR) is 90.5 cm³/mol. The molecule has 0 aliphatic carbocycles. The lowest BCUT2D eigenvalue weighted by molar-refractivity contribution is -0.120. The third-order valence-corrected chi connectivity index (χ3v) is 4.44. The van der Waals surface area contributed by atoms with Gasteiger partial charge in [0.05, 0.1) is 11.9 Å². The zero-order valence-electron chi connectivity index (χ0n) is 13.2. The molecule has 0 atom stereocenters. The van der Waals surface area contributed by atoms with Gasteiger partial charge in [-0.25, -0.2) is 8.42 Å². The van der Waals surface area contributed by atoms with E-state index >= 15 is 0 Å². The van der Waals surface area contributed by atoms with Crippen molar-refractivity contribution in [2.24, 2.45) is 0 Å². The Morgan fingerprint density at radius 3 is 2.45 bits per heavy atom. The van der Waals surface area contributed by atoms with E-state index in [-0.39, 0.29) is 18.9 Å². The number of carbonyl (C=O) groups is 1. The second-order valence-corrected chi connectivity index (χ2v) is 6.96. The van der Waals surface area contributed by atoms with Gasteiger partial charge in [-0.15, -0.1) is 6.58 Å². The van der Waals surface area contributed by atoms with Gasteiger partial charge in [0.2, 0.25) is 15.9 Å². The van der Waals surface area contributed by atoms with Crippen LogP contribution in [0.2, 0.25) is 0 Å². The first-order valence-corrected chi connectivity index (χ1v) is 9.17. The van der Waals surface area contributed by atoms with Gasteiger partial charge in [0.25, 0.3) is 0 Å². The minimum Gasteiger partial charge on any atom is -0.353 e. The maximum Gasteiger partial charge on any atom is 0.232 e. The minimum atomic E-state index is -3.37. The molecular weight excluding hydrogens is 300 g/mol. The van der Waals surface area contributed by atoms with Crippen molar-refractivity contribution in [1.82, 2.24) is 5.32 Å². The van der Waals surface area contributed by atoms with Gasteiger partial charge < -0.3 is 5.32 Å². The number of carbonyl (C=O) groups excluding carboxylic acids is 1. The monoisotopic (exact) mass is 324 g/mol. The molecule has 1 aromatic rings. The predicted octanol–water partition coefficient (Wildman–Crippen LogP) is 2.10. The van der Waals surface area contributed by atoms with Crippen molar-refractivity contribution in [2.75, 3.05) is 23.7 Å². The number of sulfonamides is 1. The Bertz CT molecular complexity index is 594. The van der Waals surface area contributed by atoms with Crippen molar-refractivity contribution < 1.29 is 13.2 Å². The summed E-state index contributed by atoms with van der Waals surface area (Å²) in [4.78, 5) is 11.5. The highest BCUT2D eigenvalue weighted by atomic mass is 32.2. The van der Waals surface area contributed by atoms with Crippen LogP contribution in [0.3, 0.4) is 0 Å². The molecule has 0 heterocycles. The number of hydrogen-bond acceptors (Lipinski definition) is 3. The van der Waals surface area contributed by atoms with Crippen molar-refractivity contribution in [3.63, 3.8) is 0 Å². The van der Waals surface area contributed by atoms with Gasteiger partial charge in [-0.3, -0.25) is 9.10 Å². The molecule has 0 fully saturated rings. The van der Waals surface area contributed by atoms with Crippen LogP contribution < -0.4 is 9.62 Å². The minimum absolute atomic E-state index is 0.102. The molecule has 0 spiro atoms. The Kier molecular flexibility index (Phi) is 7.11. The number of amides is 1. The van der Waals surface area contributed by atoms with Crippen LogP contribution in [-0.4, -0.2) is 33.7 Å². The average molecular weight is 324 g/mol. The van der Waals surface area contributed by atoms with E-state index in [4.69, 9.17) is 0 Å². The summed E-state index contributed by atoms with van der Waals surface area (Å²) in [5, 5.41) is 2.67. The van der Waals surface area contributed by atoms with Crippen LogP contribution in [-0.2, 0) is 21.2 Å². The fourth-order valence-corrected chi connectivity index (χ4v) is 3.01. The van der Waals surface area contributed by atoms with Crippen LogP contribution in [0.15, 0.2) is 36.9 Å². The van der Waals surface area contributed by atoms with E-state index < -0.39 is 10.0 Å². The van der Waals surface area contributed by atoms with E-state index in [0.717, 1.165) is 12.0 Å². The molecule has 1 amide bonds. The molecule has 0 aliphatic rings. The maximum atomic E-state index is 11.9. The number of nitrogens with zero attached hydrogens (tertiary/aromatic N) is 1. The first-order chi connectivity index (χ1) is 10.4. The molecule has 0 saturated carbocycles. The third kappa shape index (κ3) is 5.89. The average Bonchev–Trinajstić information content (AvgIpc) is 2.48. The normalized spacial score (nSPS) is 11.0. The molecular formula is C16H24N2O3S. The lowest BCUT2D eigenvalue weighted by Crippen LogP contribution is -2.32. The molecule has 0 aromatic heterocycles. The summed E-state index contributed by atoms with van der Waals surface area (Å²) in [5.41, 5.74) is 1.78. The SMILES string of the molecule is C=CCNC(=O)CCCN(c1ccc(CC)cc1)S(C)(=O)=O. The zero-order chi connectivity index (χ0) is 16.6. The van der Waals surface area contributed by atoms with E-state index in [1.165, 1.54) is 10.6 Å². The van der Waals surface area contributed by atoms with Gasteiger partial charge in [-0.05, 0) is 30.5 Å². The molecule has 0 aliphatic heterocycles. The molecule has 1 N–H and O–H groups in total. The summed E-state index contributed by atoms with van der Waals surface area (Å²) >= 11 is 0. The first-order valence-electron chi connectivity index (χ1n) is 7.32. The van der Waals surface area contributed by atoms with Gasteiger partial charge >= 0.3 is 0 Å². The molecule has 0 unspecified atom stereocenters. The molecule has 0 bridgehead atoms. The van der Waals surface area contributed by atoms with E-state index in [2.05, 4.69) is 11.9 Å². The summed E-state index contributed by atoms with van der Waals surface area (Å²) in [5.74, 6) is -0.102. The quantitative estimate of drug-likeness (QED) is 0.707. The number of benzene rings is 1. The van der Waals surface area contributed by atoms with Crippen molar-refractivity contribution in [3.05, 3.63) is 42.5 Å². The fourth-order valence-electron chi connectivity index (χ4n) is 2.04. The van der Waals surface area contributed by atoms with Gasteiger partial charge in [0.15, 0.2) is 0 Å². The summed E-state index contributed by atoms with van der Waals surface area (Å²) in [6.07, 6.45) is 4.44. The zero-order valence-corrected chi connectivity index (χ0v) is 14.0. The number of hydrogen-bond donors (Lipinski definition) is 1. The van der Waals surface area contributed by atoms with E-state index in [9.17, 15) is 13.2 Å².